The number of hydrogen-bond acceptors (Lipinski definition) is 8. The molecule has 0 spiro atoms. The van der Waals surface area contributed by atoms with E-state index >= 15 is 0 Å². The van der Waals surface area contributed by atoms with Crippen LogP contribution < -0.4 is 10.6 Å². The fourth-order valence-electron chi connectivity index (χ4n) is 3.74. The third kappa shape index (κ3) is 9.33. The molecule has 2 rings (SSSR count). The van der Waals surface area contributed by atoms with Crippen LogP contribution in [0.25, 0.3) is 0 Å². The minimum Gasteiger partial charge on any atom is -0.481 e. The van der Waals surface area contributed by atoms with E-state index in [1.807, 2.05) is 0 Å². The van der Waals surface area contributed by atoms with E-state index in [-0.39, 0.29) is 37.3 Å². The number of nitrogens with zero attached hydrogens (tertiary/aromatic N) is 4. The lowest BCUT2D eigenvalue weighted by Crippen LogP contribution is -2.51. The number of hydrogen-bond donors (Lipinski definition) is 3. The van der Waals surface area contributed by atoms with Gasteiger partial charge >= 0.3 is 18.0 Å². The van der Waals surface area contributed by atoms with Gasteiger partial charge in [0.15, 0.2) is 0 Å². The van der Waals surface area contributed by atoms with Gasteiger partial charge < -0.3 is 35.5 Å². The summed E-state index contributed by atoms with van der Waals surface area (Å²) in [4.78, 5) is 52.2. The number of nitro groups is 1. The second-order valence-corrected chi connectivity index (χ2v) is 9.31. The maximum atomic E-state index is 13.0. The van der Waals surface area contributed by atoms with Gasteiger partial charge in [-0.2, -0.15) is 0 Å². The Morgan fingerprint density at radius 1 is 1.32 bits per heavy atom. The molecular weight excluding hydrogens is 448 g/mol. The molecule has 2 amide bonds. The van der Waals surface area contributed by atoms with Gasteiger partial charge in [-0.15, -0.1) is 0 Å². The number of aryl methyl sites for hydroxylation is 1. The van der Waals surface area contributed by atoms with Crippen molar-refractivity contribution in [1.29, 1.82) is 0 Å². The molecule has 2 heterocycles. The van der Waals surface area contributed by atoms with Crippen LogP contribution in [0.5, 0.6) is 0 Å². The quantitative estimate of drug-likeness (QED) is 0.295. The average Bonchev–Trinajstić information content (AvgIpc) is 3.35. The molecule has 1 aromatic rings. The van der Waals surface area contributed by atoms with Crippen LogP contribution in [-0.4, -0.2) is 79.8 Å². The lowest BCUT2D eigenvalue weighted by molar-refractivity contribution is -0.396. The summed E-state index contributed by atoms with van der Waals surface area (Å²) in [5.41, 5.74) is -0.732. The predicted molar refractivity (Wildman–Crippen MR) is 121 cm³/mol. The number of rotatable bonds is 12. The molecular formula is C21H34N6O7. The highest BCUT2D eigenvalue weighted by Crippen LogP contribution is 2.14. The topological polar surface area (TPSA) is 169 Å². The summed E-state index contributed by atoms with van der Waals surface area (Å²) in [5, 5.41) is 25.4. The van der Waals surface area contributed by atoms with E-state index in [1.54, 1.807) is 20.8 Å². The first kappa shape index (κ1) is 27.0. The molecule has 0 aromatic carbocycles. The van der Waals surface area contributed by atoms with Gasteiger partial charge in [0.25, 0.3) is 0 Å². The lowest BCUT2D eigenvalue weighted by Gasteiger charge is -2.24. The summed E-state index contributed by atoms with van der Waals surface area (Å²) in [6.45, 7) is 7.41. The van der Waals surface area contributed by atoms with E-state index in [9.17, 15) is 24.5 Å². The van der Waals surface area contributed by atoms with Gasteiger partial charge in [0.1, 0.15) is 24.0 Å². The number of nitrogens with one attached hydrogen (secondary N) is 2. The highest BCUT2D eigenvalue weighted by Gasteiger charge is 2.29. The minimum absolute atomic E-state index is 0.102. The maximum absolute atomic E-state index is 13.0. The Morgan fingerprint density at radius 3 is 2.71 bits per heavy atom. The first-order chi connectivity index (χ1) is 15.9. The summed E-state index contributed by atoms with van der Waals surface area (Å²) in [7, 11) is 0. The molecule has 0 saturated carbocycles. The van der Waals surface area contributed by atoms with Crippen molar-refractivity contribution in [3.05, 3.63) is 22.5 Å². The average molecular weight is 483 g/mol. The molecule has 3 N–H and O–H groups in total. The molecule has 34 heavy (non-hydrogen) atoms. The molecule has 1 saturated heterocycles. The number of carbonyl (C=O) groups excluding carboxylic acids is 2. The van der Waals surface area contributed by atoms with Gasteiger partial charge in [-0.1, -0.05) is 4.98 Å². The van der Waals surface area contributed by atoms with Crippen molar-refractivity contribution in [2.24, 2.45) is 0 Å². The van der Waals surface area contributed by atoms with Gasteiger partial charge in [-0.05, 0) is 57.9 Å². The molecule has 2 atom stereocenters. The summed E-state index contributed by atoms with van der Waals surface area (Å²) < 4.78 is 6.66. The molecule has 1 aromatic heterocycles. The molecule has 1 fully saturated rings. The van der Waals surface area contributed by atoms with Gasteiger partial charge in [0.2, 0.25) is 5.91 Å². The van der Waals surface area contributed by atoms with Crippen LogP contribution in [0.4, 0.5) is 10.7 Å². The molecule has 190 valence electrons. The Labute approximate surface area is 198 Å². The van der Waals surface area contributed by atoms with Gasteiger partial charge in [-0.25, -0.2) is 9.36 Å². The van der Waals surface area contributed by atoms with Gasteiger partial charge in [0, 0.05) is 25.6 Å². The largest absolute Gasteiger partial charge is 0.481 e. The molecule has 1 aliphatic heterocycles. The second kappa shape index (κ2) is 12.3. The third-order valence-corrected chi connectivity index (χ3v) is 5.24. The maximum Gasteiger partial charge on any atom is 0.434 e. The predicted octanol–water partition coefficient (Wildman–Crippen LogP) is 1.52. The van der Waals surface area contributed by atoms with Crippen LogP contribution in [-0.2, 0) is 20.9 Å². The number of alkyl carbamates (subject to hydrolysis) is 1. The zero-order chi connectivity index (χ0) is 25.3. The van der Waals surface area contributed by atoms with Crippen LogP contribution in [0.3, 0.4) is 0 Å². The van der Waals surface area contributed by atoms with E-state index in [0.29, 0.717) is 25.9 Å². The molecule has 0 bridgehead atoms. The number of aliphatic carboxylic acids is 1. The number of aromatic nitrogens is 2. The van der Waals surface area contributed by atoms with Crippen molar-refractivity contribution in [2.45, 2.75) is 77.1 Å². The molecule has 13 nitrogen and oxygen atoms in total. The van der Waals surface area contributed by atoms with E-state index in [1.165, 1.54) is 17.0 Å². The standard InChI is InChI=1S/C21H34N6O7/c1-21(2,3)34-20(31)24-16(6-4-11-26-13-9-22-19(26)27(32)33)18(30)23-15-8-12-25(14-15)10-5-7-17(28)29/h9,13,15-16H,4-8,10-12,14H2,1-3H3,(H,23,30)(H,24,31)(H,28,29)/t15-,16+/m1/s1. The molecule has 0 unspecified atom stereocenters. The fraction of sp³-hybridized carbons (Fsp3) is 0.714. The van der Waals surface area contributed by atoms with Crippen molar-refractivity contribution in [2.75, 3.05) is 19.6 Å². The number of likely N-dealkylation sites (tertiary alicyclic amines) is 1. The number of carbonyl (C=O) groups is 3. The molecule has 0 radical (unpaired) electrons. The first-order valence-corrected chi connectivity index (χ1v) is 11.3. The molecule has 13 heteroatoms. The first-order valence-electron chi connectivity index (χ1n) is 11.3. The Hall–Kier alpha value is -3.22. The molecule has 1 aliphatic rings. The highest BCUT2D eigenvalue weighted by molar-refractivity contribution is 5.85. The Balaban J connectivity index is 1.93. The van der Waals surface area contributed by atoms with E-state index < -0.39 is 28.6 Å². The monoisotopic (exact) mass is 482 g/mol. The zero-order valence-electron chi connectivity index (χ0n) is 19.9. The Morgan fingerprint density at radius 2 is 2.06 bits per heavy atom. The van der Waals surface area contributed by atoms with E-state index in [2.05, 4.69) is 20.5 Å². The second-order valence-electron chi connectivity index (χ2n) is 9.31. The van der Waals surface area contributed by atoms with Crippen LogP contribution in [0.1, 0.15) is 52.9 Å². The summed E-state index contributed by atoms with van der Waals surface area (Å²) in [6, 6.07) is -0.992. The summed E-state index contributed by atoms with van der Waals surface area (Å²) >= 11 is 0. The van der Waals surface area contributed by atoms with Crippen molar-refractivity contribution in [3.8, 4) is 0 Å². The lowest BCUT2D eigenvalue weighted by atomic mass is 10.1. The van der Waals surface area contributed by atoms with E-state index in [4.69, 9.17) is 9.84 Å². The molecule has 0 aliphatic carbocycles. The van der Waals surface area contributed by atoms with Crippen LogP contribution in [0.15, 0.2) is 12.4 Å². The third-order valence-electron chi connectivity index (χ3n) is 5.24. The van der Waals surface area contributed by atoms with Gasteiger partial charge in [-0.3, -0.25) is 9.59 Å². The summed E-state index contributed by atoms with van der Waals surface area (Å²) in [5.74, 6) is -1.47. The number of carboxylic acid groups (broad SMARTS) is 1. The summed E-state index contributed by atoms with van der Waals surface area (Å²) in [6.07, 6.45) is 4.10. The van der Waals surface area contributed by atoms with Crippen LogP contribution >= 0.6 is 0 Å². The fourth-order valence-corrected chi connectivity index (χ4v) is 3.74. The Bertz CT molecular complexity index is 866. The zero-order valence-corrected chi connectivity index (χ0v) is 19.9. The highest BCUT2D eigenvalue weighted by atomic mass is 16.6. The number of amides is 2. The van der Waals surface area contributed by atoms with Gasteiger partial charge in [0.05, 0.1) is 6.54 Å². The number of carboxylic acids is 1. The van der Waals surface area contributed by atoms with Crippen molar-refractivity contribution >= 4 is 23.9 Å². The van der Waals surface area contributed by atoms with Crippen molar-refractivity contribution < 1.29 is 29.2 Å². The SMILES string of the molecule is CC(C)(C)OC(=O)N[C@@H](CCCn1ccnc1[N+](=O)[O-])C(=O)N[C@@H]1CCN(CCCC(=O)O)C1. The number of imidazole rings is 1. The Kier molecular flexibility index (Phi) is 9.78. The van der Waals surface area contributed by atoms with E-state index in [0.717, 1.165) is 13.0 Å². The smallest absolute Gasteiger partial charge is 0.434 e. The normalized spacial score (nSPS) is 17.2. The minimum atomic E-state index is -0.876. The van der Waals surface area contributed by atoms with Crippen molar-refractivity contribution in [1.82, 2.24) is 25.1 Å². The van der Waals surface area contributed by atoms with Crippen LogP contribution in [0.2, 0.25) is 0 Å². The number of ether oxygens (including phenoxy) is 1. The van der Waals surface area contributed by atoms with Crippen LogP contribution in [0, 0.1) is 10.1 Å². The van der Waals surface area contributed by atoms with Crippen molar-refractivity contribution in [3.63, 3.8) is 0 Å².